The molecule has 1 aliphatic carbocycles. The second-order valence-electron chi connectivity index (χ2n) is 5.31. The Balaban J connectivity index is 1.74. The lowest BCUT2D eigenvalue weighted by Crippen LogP contribution is -2.23. The van der Waals surface area contributed by atoms with Crippen LogP contribution in [0.2, 0.25) is 0 Å². The fraction of sp³-hybridized carbons (Fsp3) is 0.625. The highest BCUT2D eigenvalue weighted by Gasteiger charge is 2.20. The molecular formula is C16H24O2. The normalized spacial score (nSPS) is 24.1. The van der Waals surface area contributed by atoms with E-state index in [0.717, 1.165) is 38.7 Å². The first-order valence-electron chi connectivity index (χ1n) is 7.12. The molecule has 2 heteroatoms. The molecule has 2 rings (SSSR count). The summed E-state index contributed by atoms with van der Waals surface area (Å²) in [6, 6.07) is 8.69. The third-order valence-corrected chi connectivity index (χ3v) is 3.97. The van der Waals surface area contributed by atoms with Crippen LogP contribution in [0.25, 0.3) is 0 Å². The van der Waals surface area contributed by atoms with Gasteiger partial charge >= 0.3 is 0 Å². The highest BCUT2D eigenvalue weighted by molar-refractivity contribution is 5.21. The molecule has 0 amide bonds. The van der Waals surface area contributed by atoms with E-state index in [2.05, 4.69) is 31.2 Å². The minimum absolute atomic E-state index is 0.338. The van der Waals surface area contributed by atoms with Gasteiger partial charge in [0.25, 0.3) is 0 Å². The summed E-state index contributed by atoms with van der Waals surface area (Å²) in [6.07, 6.45) is 5.88. The van der Waals surface area contributed by atoms with E-state index in [1.165, 1.54) is 11.1 Å². The van der Waals surface area contributed by atoms with Gasteiger partial charge in [-0.05, 0) is 49.1 Å². The van der Waals surface area contributed by atoms with Gasteiger partial charge in [-0.15, -0.1) is 0 Å². The van der Waals surface area contributed by atoms with Crippen LogP contribution in [0.15, 0.2) is 24.3 Å². The molecule has 1 saturated carbocycles. The Labute approximate surface area is 110 Å². The minimum Gasteiger partial charge on any atom is -0.396 e. The maximum atomic E-state index is 9.09. The van der Waals surface area contributed by atoms with Crippen molar-refractivity contribution in [3.05, 3.63) is 35.4 Å². The lowest BCUT2D eigenvalue weighted by Gasteiger charge is -2.27. The molecule has 0 saturated heterocycles. The van der Waals surface area contributed by atoms with Crippen molar-refractivity contribution in [3.8, 4) is 0 Å². The quantitative estimate of drug-likeness (QED) is 0.866. The number of benzene rings is 1. The van der Waals surface area contributed by atoms with E-state index in [1.807, 2.05) is 0 Å². The summed E-state index contributed by atoms with van der Waals surface area (Å²) >= 11 is 0. The summed E-state index contributed by atoms with van der Waals surface area (Å²) in [5.41, 5.74) is 2.64. The van der Waals surface area contributed by atoms with E-state index in [-0.39, 0.29) is 0 Å². The molecule has 2 nitrogen and oxygen atoms in total. The Morgan fingerprint density at radius 1 is 1.06 bits per heavy atom. The predicted octanol–water partition coefficient (Wildman–Crippen LogP) is 3.32. The van der Waals surface area contributed by atoms with Gasteiger partial charge in [0, 0.05) is 6.61 Å². The predicted molar refractivity (Wildman–Crippen MR) is 73.4 cm³/mol. The van der Waals surface area contributed by atoms with Crippen molar-refractivity contribution in [2.45, 2.75) is 51.7 Å². The van der Waals surface area contributed by atoms with Gasteiger partial charge in [-0.3, -0.25) is 0 Å². The number of hydrogen-bond acceptors (Lipinski definition) is 2. The minimum atomic E-state index is 0.338. The van der Waals surface area contributed by atoms with Gasteiger partial charge in [0.05, 0.1) is 12.7 Å². The van der Waals surface area contributed by atoms with Gasteiger partial charge in [-0.2, -0.15) is 0 Å². The summed E-state index contributed by atoms with van der Waals surface area (Å²) in [4.78, 5) is 0. The largest absolute Gasteiger partial charge is 0.396 e. The van der Waals surface area contributed by atoms with Crippen molar-refractivity contribution in [2.24, 2.45) is 5.92 Å². The van der Waals surface area contributed by atoms with Crippen LogP contribution < -0.4 is 0 Å². The fourth-order valence-corrected chi connectivity index (χ4v) is 2.57. The molecule has 0 radical (unpaired) electrons. The SMILES string of the molecule is CCc1ccc(COC2CCC(CO)CC2)cc1. The van der Waals surface area contributed by atoms with Gasteiger partial charge in [0.1, 0.15) is 0 Å². The van der Waals surface area contributed by atoms with Crippen molar-refractivity contribution in [2.75, 3.05) is 6.61 Å². The molecule has 0 atom stereocenters. The average Bonchev–Trinajstić information content (AvgIpc) is 2.46. The Morgan fingerprint density at radius 2 is 1.67 bits per heavy atom. The molecule has 0 bridgehead atoms. The van der Waals surface area contributed by atoms with Gasteiger partial charge in [-0.25, -0.2) is 0 Å². The smallest absolute Gasteiger partial charge is 0.0720 e. The van der Waals surface area contributed by atoms with E-state index < -0.39 is 0 Å². The lowest BCUT2D eigenvalue weighted by atomic mass is 9.88. The van der Waals surface area contributed by atoms with Crippen LogP contribution in [0, 0.1) is 5.92 Å². The van der Waals surface area contributed by atoms with Crippen LogP contribution in [0.3, 0.4) is 0 Å². The van der Waals surface area contributed by atoms with E-state index in [0.29, 0.717) is 18.6 Å². The van der Waals surface area contributed by atoms with Crippen molar-refractivity contribution in [1.29, 1.82) is 0 Å². The van der Waals surface area contributed by atoms with Gasteiger partial charge in [0.2, 0.25) is 0 Å². The molecule has 1 aromatic rings. The topological polar surface area (TPSA) is 29.5 Å². The maximum absolute atomic E-state index is 9.09. The monoisotopic (exact) mass is 248 g/mol. The number of aryl methyl sites for hydroxylation is 1. The summed E-state index contributed by atoms with van der Waals surface area (Å²) in [5, 5.41) is 9.09. The summed E-state index contributed by atoms with van der Waals surface area (Å²) < 4.78 is 5.95. The number of aliphatic hydroxyl groups is 1. The van der Waals surface area contributed by atoms with E-state index in [1.54, 1.807) is 0 Å². The zero-order chi connectivity index (χ0) is 12.8. The summed E-state index contributed by atoms with van der Waals surface area (Å²) in [6.45, 7) is 3.23. The highest BCUT2D eigenvalue weighted by Crippen LogP contribution is 2.26. The molecule has 1 aliphatic rings. The molecule has 0 unspecified atom stereocenters. The first-order valence-corrected chi connectivity index (χ1v) is 7.12. The zero-order valence-corrected chi connectivity index (χ0v) is 11.3. The first kappa shape index (κ1) is 13.6. The van der Waals surface area contributed by atoms with Crippen LogP contribution in [0.5, 0.6) is 0 Å². The molecule has 100 valence electrons. The van der Waals surface area contributed by atoms with Gasteiger partial charge < -0.3 is 9.84 Å². The Kier molecular flexibility index (Phi) is 5.21. The van der Waals surface area contributed by atoms with Crippen LogP contribution in [-0.2, 0) is 17.8 Å². The third kappa shape index (κ3) is 3.82. The molecule has 0 aromatic heterocycles. The Bertz CT molecular complexity index is 337. The third-order valence-electron chi connectivity index (χ3n) is 3.97. The molecule has 18 heavy (non-hydrogen) atoms. The Hall–Kier alpha value is -0.860. The number of ether oxygens (including phenoxy) is 1. The molecular weight excluding hydrogens is 224 g/mol. The van der Waals surface area contributed by atoms with Crippen LogP contribution in [0.4, 0.5) is 0 Å². The van der Waals surface area contributed by atoms with Crippen molar-refractivity contribution < 1.29 is 9.84 Å². The zero-order valence-electron chi connectivity index (χ0n) is 11.3. The second-order valence-corrected chi connectivity index (χ2v) is 5.31. The van der Waals surface area contributed by atoms with Crippen molar-refractivity contribution in [1.82, 2.24) is 0 Å². The van der Waals surface area contributed by atoms with Crippen LogP contribution in [0.1, 0.15) is 43.7 Å². The average molecular weight is 248 g/mol. The molecule has 0 aliphatic heterocycles. The van der Waals surface area contributed by atoms with E-state index >= 15 is 0 Å². The standard InChI is InChI=1S/C16H24O2/c1-2-13-3-5-15(6-4-13)12-18-16-9-7-14(11-17)8-10-16/h3-6,14,16-17H,2,7-12H2,1H3. The van der Waals surface area contributed by atoms with Crippen molar-refractivity contribution >= 4 is 0 Å². The molecule has 0 heterocycles. The molecule has 0 spiro atoms. The fourth-order valence-electron chi connectivity index (χ4n) is 2.57. The van der Waals surface area contributed by atoms with E-state index in [9.17, 15) is 0 Å². The molecule has 1 fully saturated rings. The van der Waals surface area contributed by atoms with Crippen LogP contribution in [-0.4, -0.2) is 17.8 Å². The van der Waals surface area contributed by atoms with Crippen molar-refractivity contribution in [3.63, 3.8) is 0 Å². The van der Waals surface area contributed by atoms with Crippen LogP contribution >= 0.6 is 0 Å². The van der Waals surface area contributed by atoms with Gasteiger partial charge in [0.15, 0.2) is 0 Å². The molecule has 1 aromatic carbocycles. The summed E-state index contributed by atoms with van der Waals surface area (Å²) in [5.74, 6) is 0.508. The Morgan fingerprint density at radius 3 is 2.22 bits per heavy atom. The highest BCUT2D eigenvalue weighted by atomic mass is 16.5. The van der Waals surface area contributed by atoms with Gasteiger partial charge in [-0.1, -0.05) is 31.2 Å². The van der Waals surface area contributed by atoms with E-state index in [4.69, 9.17) is 9.84 Å². The molecule has 1 N–H and O–H groups in total. The lowest BCUT2D eigenvalue weighted by molar-refractivity contribution is 0.00120. The summed E-state index contributed by atoms with van der Waals surface area (Å²) in [7, 11) is 0. The maximum Gasteiger partial charge on any atom is 0.0720 e. The number of aliphatic hydroxyl groups excluding tert-OH is 1. The number of rotatable bonds is 5. The first-order chi connectivity index (χ1) is 8.81. The number of hydrogen-bond donors (Lipinski definition) is 1. The second kappa shape index (κ2) is 6.91.